The smallest absolute Gasteiger partial charge is 0.353 e. The summed E-state index contributed by atoms with van der Waals surface area (Å²) in [5, 5.41) is 20.8. The molecule has 32 heavy (non-hydrogen) atoms. The van der Waals surface area contributed by atoms with Crippen molar-refractivity contribution in [1.29, 1.82) is 0 Å². The van der Waals surface area contributed by atoms with Crippen LogP contribution in [0.15, 0.2) is 18.5 Å². The van der Waals surface area contributed by atoms with Gasteiger partial charge in [-0.1, -0.05) is 11.6 Å². The Bertz CT molecular complexity index is 1340. The largest absolute Gasteiger partial charge is 0.472 e. The number of aromatic nitrogens is 7. The van der Waals surface area contributed by atoms with Crippen molar-refractivity contribution in [3.05, 3.63) is 56.2 Å². The summed E-state index contributed by atoms with van der Waals surface area (Å²) in [6, 6.07) is 1.20. The first kappa shape index (κ1) is 21.8. The van der Waals surface area contributed by atoms with E-state index in [1.165, 1.54) is 23.9 Å². The summed E-state index contributed by atoms with van der Waals surface area (Å²) in [4.78, 5) is 23.0. The zero-order chi connectivity index (χ0) is 23.0. The maximum atomic E-state index is 13.7. The molecule has 0 aliphatic carbocycles. The summed E-state index contributed by atoms with van der Waals surface area (Å²) < 4.78 is 22.1. The number of aryl methyl sites for hydroxylation is 2. The Morgan fingerprint density at radius 2 is 2.00 bits per heavy atom. The average molecular weight is 481 g/mol. The van der Waals surface area contributed by atoms with Crippen LogP contribution in [-0.2, 0) is 6.54 Å². The fraction of sp³-hybridized carbons (Fsp3) is 0.278. The minimum atomic E-state index is -0.587. The zero-order valence-corrected chi connectivity index (χ0v) is 18.3. The Kier molecular flexibility index (Phi) is 5.89. The molecule has 0 amide bonds. The van der Waals surface area contributed by atoms with Gasteiger partial charge in [0.25, 0.3) is 0 Å². The van der Waals surface area contributed by atoms with Crippen molar-refractivity contribution in [1.82, 2.24) is 34.5 Å². The van der Waals surface area contributed by atoms with Crippen LogP contribution in [0, 0.1) is 29.8 Å². The van der Waals surface area contributed by atoms with Crippen LogP contribution in [0.25, 0.3) is 16.7 Å². The second-order valence-electron chi connectivity index (χ2n) is 6.76. The summed E-state index contributed by atoms with van der Waals surface area (Å²) in [5.41, 5.74) is 1.10. The van der Waals surface area contributed by atoms with Crippen molar-refractivity contribution >= 4 is 39.9 Å². The van der Waals surface area contributed by atoms with Gasteiger partial charge in [-0.15, -0.1) is 5.10 Å². The van der Waals surface area contributed by atoms with Crippen LogP contribution in [0.5, 0.6) is 5.88 Å². The highest BCUT2D eigenvalue weighted by Gasteiger charge is 2.28. The number of pyridine rings is 1. The first-order valence-corrected chi connectivity index (χ1v) is 10.1. The van der Waals surface area contributed by atoms with Crippen molar-refractivity contribution < 1.29 is 14.1 Å². The summed E-state index contributed by atoms with van der Waals surface area (Å²) in [7, 11) is 0. The summed E-state index contributed by atoms with van der Waals surface area (Å²) in [5.74, 6) is -0.760. The van der Waals surface area contributed by atoms with E-state index in [0.29, 0.717) is 29.7 Å². The number of nitro groups is 1. The van der Waals surface area contributed by atoms with E-state index in [-0.39, 0.29) is 40.0 Å². The Balaban J connectivity index is 1.53. The maximum Gasteiger partial charge on any atom is 0.353 e. The quantitative estimate of drug-likeness (QED) is 0.169. The molecule has 0 N–H and O–H groups in total. The monoisotopic (exact) mass is 480 g/mol. The minimum Gasteiger partial charge on any atom is -0.472 e. The van der Waals surface area contributed by atoms with Crippen LogP contribution in [0.4, 0.5) is 10.1 Å². The molecule has 0 aromatic carbocycles. The fourth-order valence-corrected chi connectivity index (χ4v) is 3.52. The number of fused-ring (bicyclic) bond motifs is 1. The van der Waals surface area contributed by atoms with Gasteiger partial charge in [-0.2, -0.15) is 10.1 Å². The molecule has 0 atom stereocenters. The van der Waals surface area contributed by atoms with Crippen LogP contribution >= 0.6 is 23.2 Å². The normalized spacial score (nSPS) is 11.3. The molecule has 4 rings (SSSR count). The van der Waals surface area contributed by atoms with Gasteiger partial charge in [0.2, 0.25) is 5.28 Å². The van der Waals surface area contributed by atoms with Gasteiger partial charge in [0.1, 0.15) is 11.5 Å². The highest BCUT2D eigenvalue weighted by Crippen LogP contribution is 2.32. The molecule has 0 unspecified atom stereocenters. The van der Waals surface area contributed by atoms with Crippen molar-refractivity contribution in [2.45, 2.75) is 26.8 Å². The Morgan fingerprint density at radius 1 is 1.22 bits per heavy atom. The van der Waals surface area contributed by atoms with E-state index in [2.05, 4.69) is 25.1 Å². The lowest BCUT2D eigenvalue weighted by Gasteiger charge is -2.06. The average Bonchev–Trinajstić information content (AvgIpc) is 3.23. The maximum absolute atomic E-state index is 13.7. The number of halogens is 3. The lowest BCUT2D eigenvalue weighted by molar-refractivity contribution is -0.386. The molecule has 4 aromatic heterocycles. The molecule has 0 fully saturated rings. The van der Waals surface area contributed by atoms with Gasteiger partial charge >= 0.3 is 11.6 Å². The lowest BCUT2D eigenvalue weighted by Crippen LogP contribution is -2.08. The molecule has 0 spiro atoms. The lowest BCUT2D eigenvalue weighted by atomic mass is 10.3. The summed E-state index contributed by atoms with van der Waals surface area (Å²) >= 11 is 11.9. The molecule has 0 saturated heterocycles. The first-order chi connectivity index (χ1) is 15.3. The Morgan fingerprint density at radius 3 is 2.75 bits per heavy atom. The van der Waals surface area contributed by atoms with E-state index in [1.54, 1.807) is 11.6 Å². The third kappa shape index (κ3) is 4.06. The number of ether oxygens (including phenoxy) is 1. The number of rotatable bonds is 7. The van der Waals surface area contributed by atoms with Crippen LogP contribution in [0.2, 0.25) is 10.4 Å². The van der Waals surface area contributed by atoms with Crippen LogP contribution < -0.4 is 4.74 Å². The van der Waals surface area contributed by atoms with Gasteiger partial charge in [-0.05, 0) is 25.4 Å². The van der Waals surface area contributed by atoms with Crippen LogP contribution in [0.3, 0.4) is 0 Å². The molecule has 11 nitrogen and oxygen atoms in total. The molecule has 14 heteroatoms. The van der Waals surface area contributed by atoms with E-state index in [1.807, 2.05) is 0 Å². The van der Waals surface area contributed by atoms with Crippen molar-refractivity contribution in [2.24, 2.45) is 0 Å². The molecule has 0 saturated carbocycles. The number of nitrogens with zero attached hydrogens (tertiary/aromatic N) is 8. The van der Waals surface area contributed by atoms with Crippen molar-refractivity contribution in [3.63, 3.8) is 0 Å². The Hall–Kier alpha value is -3.38. The van der Waals surface area contributed by atoms with Gasteiger partial charge in [-0.25, -0.2) is 18.7 Å². The van der Waals surface area contributed by atoms with Crippen molar-refractivity contribution in [2.75, 3.05) is 6.61 Å². The highest BCUT2D eigenvalue weighted by molar-refractivity contribution is 6.34. The molecule has 0 radical (unpaired) electrons. The summed E-state index contributed by atoms with van der Waals surface area (Å²) in [6.07, 6.45) is 2.96. The van der Waals surface area contributed by atoms with E-state index < -0.39 is 10.7 Å². The van der Waals surface area contributed by atoms with E-state index in [9.17, 15) is 14.5 Å². The third-order valence-corrected chi connectivity index (χ3v) is 5.12. The predicted molar refractivity (Wildman–Crippen MR) is 113 cm³/mol. The molecule has 0 aliphatic heterocycles. The predicted octanol–water partition coefficient (Wildman–Crippen LogP) is 3.85. The third-order valence-electron chi connectivity index (χ3n) is 4.66. The van der Waals surface area contributed by atoms with Gasteiger partial charge in [0.05, 0.1) is 34.5 Å². The zero-order valence-electron chi connectivity index (χ0n) is 16.8. The van der Waals surface area contributed by atoms with Crippen LogP contribution in [0.1, 0.15) is 17.8 Å². The van der Waals surface area contributed by atoms with E-state index in [4.69, 9.17) is 27.9 Å². The van der Waals surface area contributed by atoms with Crippen molar-refractivity contribution in [3.8, 4) is 11.6 Å². The molecule has 166 valence electrons. The highest BCUT2D eigenvalue weighted by atomic mass is 35.5. The molecule has 0 aliphatic rings. The second kappa shape index (κ2) is 8.63. The molecule has 0 bridgehead atoms. The summed E-state index contributed by atoms with van der Waals surface area (Å²) in [6.45, 7) is 3.60. The molecular formula is C18H15Cl2FN8O3. The topological polar surface area (TPSA) is 127 Å². The second-order valence-corrected chi connectivity index (χ2v) is 7.45. The minimum absolute atomic E-state index is 0.0605. The number of hydrogen-bond donors (Lipinski definition) is 0. The van der Waals surface area contributed by atoms with Gasteiger partial charge < -0.3 is 4.74 Å². The number of hydrogen-bond acceptors (Lipinski definition) is 8. The fourth-order valence-electron chi connectivity index (χ4n) is 3.16. The van der Waals surface area contributed by atoms with Crippen LogP contribution in [-0.4, -0.2) is 46.0 Å². The van der Waals surface area contributed by atoms with Gasteiger partial charge in [-0.3, -0.25) is 15.1 Å². The van der Waals surface area contributed by atoms with Gasteiger partial charge in [0.15, 0.2) is 10.8 Å². The standard InChI is InChI=1S/C18H15Cl2FN8O3/c1-9-13(6-11(21)7-22-9)28-10(2)14(29(30)31)17(26-28)32-5-3-4-27-16-12(15(19)25-27)8-23-18(20)24-16/h6-8H,3-5H2,1-2H3. The SMILES string of the molecule is Cc1ncc(F)cc1-n1nc(OCCCn2nc(Cl)c3cnc(Cl)nc32)c([N+](=O)[O-])c1C. The molecule has 4 heterocycles. The molecule has 4 aromatic rings. The van der Waals surface area contributed by atoms with Gasteiger partial charge in [0, 0.05) is 25.2 Å². The van der Waals surface area contributed by atoms with E-state index in [0.717, 1.165) is 6.20 Å². The first-order valence-electron chi connectivity index (χ1n) is 9.30. The Labute approximate surface area is 189 Å². The molecular weight excluding hydrogens is 466 g/mol. The van der Waals surface area contributed by atoms with E-state index >= 15 is 0 Å².